The molecule has 0 aromatic heterocycles. The lowest BCUT2D eigenvalue weighted by Gasteiger charge is -2.36. The SMILES string of the molecule is CC1(C(=O)N2CCC(OCC(=O)O)CC2)CCCS1. The molecule has 6 heteroatoms. The predicted octanol–water partition coefficient (Wildman–Crippen LogP) is 1.36. The highest BCUT2D eigenvalue weighted by atomic mass is 32.2. The van der Waals surface area contributed by atoms with Crippen molar-refractivity contribution in [3.05, 3.63) is 0 Å². The van der Waals surface area contributed by atoms with E-state index in [0.717, 1.165) is 31.4 Å². The Labute approximate surface area is 117 Å². The van der Waals surface area contributed by atoms with Crippen LogP contribution in [0, 0.1) is 0 Å². The van der Waals surface area contributed by atoms with Crippen molar-refractivity contribution < 1.29 is 19.4 Å². The van der Waals surface area contributed by atoms with Gasteiger partial charge < -0.3 is 14.7 Å². The third-order valence-corrected chi connectivity index (χ3v) is 5.35. The summed E-state index contributed by atoms with van der Waals surface area (Å²) in [5.74, 6) is 0.375. The fourth-order valence-electron chi connectivity index (χ4n) is 2.70. The fourth-order valence-corrected chi connectivity index (χ4v) is 3.98. The predicted molar refractivity (Wildman–Crippen MR) is 73.3 cm³/mol. The first-order valence-electron chi connectivity index (χ1n) is 6.78. The van der Waals surface area contributed by atoms with Gasteiger partial charge in [-0.2, -0.15) is 0 Å². The monoisotopic (exact) mass is 287 g/mol. The van der Waals surface area contributed by atoms with E-state index in [4.69, 9.17) is 9.84 Å². The second kappa shape index (κ2) is 6.13. The molecule has 108 valence electrons. The summed E-state index contributed by atoms with van der Waals surface area (Å²) in [7, 11) is 0. The van der Waals surface area contributed by atoms with E-state index in [1.807, 2.05) is 11.8 Å². The molecule has 1 unspecified atom stereocenters. The van der Waals surface area contributed by atoms with Crippen LogP contribution in [0.15, 0.2) is 0 Å². The summed E-state index contributed by atoms with van der Waals surface area (Å²) in [6.45, 7) is 3.16. The first-order valence-corrected chi connectivity index (χ1v) is 7.76. The van der Waals surface area contributed by atoms with Crippen molar-refractivity contribution in [3.63, 3.8) is 0 Å². The van der Waals surface area contributed by atoms with Gasteiger partial charge in [-0.1, -0.05) is 0 Å². The zero-order valence-electron chi connectivity index (χ0n) is 11.3. The highest BCUT2D eigenvalue weighted by Crippen LogP contribution is 2.39. The topological polar surface area (TPSA) is 66.8 Å². The van der Waals surface area contributed by atoms with Gasteiger partial charge in [0.2, 0.25) is 5.91 Å². The Kier molecular flexibility index (Phi) is 4.73. The number of likely N-dealkylation sites (tertiary alicyclic amines) is 1. The van der Waals surface area contributed by atoms with Crippen LogP contribution in [0.25, 0.3) is 0 Å². The molecule has 0 spiro atoms. The molecule has 2 heterocycles. The molecule has 5 nitrogen and oxygen atoms in total. The summed E-state index contributed by atoms with van der Waals surface area (Å²) in [6.07, 6.45) is 3.53. The summed E-state index contributed by atoms with van der Waals surface area (Å²) < 4.78 is 5.04. The van der Waals surface area contributed by atoms with Gasteiger partial charge in [-0.3, -0.25) is 4.79 Å². The number of aliphatic carboxylic acids is 1. The van der Waals surface area contributed by atoms with E-state index in [0.29, 0.717) is 13.1 Å². The third-order valence-electron chi connectivity index (χ3n) is 3.84. The van der Waals surface area contributed by atoms with Crippen LogP contribution >= 0.6 is 11.8 Å². The summed E-state index contributed by atoms with van der Waals surface area (Å²) in [5, 5.41) is 8.57. The number of amides is 1. The van der Waals surface area contributed by atoms with E-state index in [1.165, 1.54) is 0 Å². The van der Waals surface area contributed by atoms with Crippen molar-refractivity contribution in [1.82, 2.24) is 4.90 Å². The van der Waals surface area contributed by atoms with Crippen LogP contribution in [0.4, 0.5) is 0 Å². The Morgan fingerprint density at radius 3 is 2.63 bits per heavy atom. The van der Waals surface area contributed by atoms with Crippen molar-refractivity contribution in [2.75, 3.05) is 25.4 Å². The zero-order chi connectivity index (χ0) is 13.9. The number of rotatable bonds is 4. The van der Waals surface area contributed by atoms with E-state index in [-0.39, 0.29) is 23.4 Å². The molecule has 0 radical (unpaired) electrons. The molecule has 0 bridgehead atoms. The van der Waals surface area contributed by atoms with E-state index in [1.54, 1.807) is 11.8 Å². The van der Waals surface area contributed by atoms with E-state index >= 15 is 0 Å². The Morgan fingerprint density at radius 1 is 1.42 bits per heavy atom. The molecule has 1 N–H and O–H groups in total. The number of carboxylic acid groups (broad SMARTS) is 1. The maximum atomic E-state index is 12.5. The van der Waals surface area contributed by atoms with Crippen molar-refractivity contribution >= 4 is 23.6 Å². The minimum Gasteiger partial charge on any atom is -0.480 e. The third kappa shape index (κ3) is 3.63. The van der Waals surface area contributed by atoms with Crippen molar-refractivity contribution in [3.8, 4) is 0 Å². The molecule has 2 saturated heterocycles. The fraction of sp³-hybridized carbons (Fsp3) is 0.846. The Hall–Kier alpha value is -0.750. The van der Waals surface area contributed by atoms with Gasteiger partial charge in [0.25, 0.3) is 0 Å². The first kappa shape index (κ1) is 14.7. The summed E-state index contributed by atoms with van der Waals surface area (Å²) in [5.41, 5.74) is 0. The molecule has 2 fully saturated rings. The van der Waals surface area contributed by atoms with Crippen LogP contribution in [0.3, 0.4) is 0 Å². The standard InChI is InChI=1S/C13H21NO4S/c1-13(5-2-8-19-13)12(17)14-6-3-10(4-7-14)18-9-11(15)16/h10H,2-9H2,1H3,(H,15,16). The van der Waals surface area contributed by atoms with Crippen LogP contribution in [0.5, 0.6) is 0 Å². The minimum absolute atomic E-state index is 0.0239. The van der Waals surface area contributed by atoms with Crippen LogP contribution in [0.1, 0.15) is 32.6 Å². The van der Waals surface area contributed by atoms with E-state index < -0.39 is 5.97 Å². The van der Waals surface area contributed by atoms with Gasteiger partial charge in [0.05, 0.1) is 10.9 Å². The molecular formula is C13H21NO4S. The lowest BCUT2D eigenvalue weighted by molar-refractivity contribution is -0.147. The first-order chi connectivity index (χ1) is 9.01. The lowest BCUT2D eigenvalue weighted by atomic mass is 10.0. The normalized spacial score (nSPS) is 28.6. The second-order valence-corrected chi connectivity index (χ2v) is 6.98. The van der Waals surface area contributed by atoms with Crippen molar-refractivity contribution in [2.24, 2.45) is 0 Å². The highest BCUT2D eigenvalue weighted by molar-refractivity contribution is 8.01. The van der Waals surface area contributed by atoms with Crippen molar-refractivity contribution in [1.29, 1.82) is 0 Å². The maximum absolute atomic E-state index is 12.5. The number of hydrogen-bond acceptors (Lipinski definition) is 4. The molecule has 1 amide bonds. The molecule has 2 rings (SSSR count). The number of hydrogen-bond donors (Lipinski definition) is 1. The van der Waals surface area contributed by atoms with Crippen molar-refractivity contribution in [2.45, 2.75) is 43.5 Å². The van der Waals surface area contributed by atoms with Gasteiger partial charge in [0.1, 0.15) is 6.61 Å². The number of carbonyl (C=O) groups is 2. The Bertz CT molecular complexity index is 347. The maximum Gasteiger partial charge on any atom is 0.329 e. The van der Waals surface area contributed by atoms with Gasteiger partial charge in [-0.05, 0) is 38.4 Å². The van der Waals surface area contributed by atoms with Gasteiger partial charge in [0.15, 0.2) is 0 Å². The van der Waals surface area contributed by atoms with Gasteiger partial charge in [-0.25, -0.2) is 4.79 Å². The molecule has 2 aliphatic heterocycles. The van der Waals surface area contributed by atoms with Crippen LogP contribution < -0.4 is 0 Å². The number of ether oxygens (including phenoxy) is 1. The highest BCUT2D eigenvalue weighted by Gasteiger charge is 2.40. The number of carboxylic acids is 1. The van der Waals surface area contributed by atoms with Crippen LogP contribution in [-0.2, 0) is 14.3 Å². The molecule has 0 saturated carbocycles. The summed E-state index contributed by atoms with van der Waals surface area (Å²) >= 11 is 1.76. The van der Waals surface area contributed by atoms with Gasteiger partial charge >= 0.3 is 5.97 Å². The molecular weight excluding hydrogens is 266 g/mol. The largest absolute Gasteiger partial charge is 0.480 e. The average molecular weight is 287 g/mol. The number of thioether (sulfide) groups is 1. The summed E-state index contributed by atoms with van der Waals surface area (Å²) in [6, 6.07) is 0. The molecule has 0 aliphatic carbocycles. The molecule has 0 aromatic rings. The number of nitrogens with zero attached hydrogens (tertiary/aromatic N) is 1. The van der Waals surface area contributed by atoms with Crippen LogP contribution in [-0.4, -0.2) is 58.2 Å². The summed E-state index contributed by atoms with van der Waals surface area (Å²) in [4.78, 5) is 24.8. The minimum atomic E-state index is -0.937. The van der Waals surface area contributed by atoms with Gasteiger partial charge in [0, 0.05) is 13.1 Å². The van der Waals surface area contributed by atoms with E-state index in [2.05, 4.69) is 0 Å². The number of carbonyl (C=O) groups excluding carboxylic acids is 1. The average Bonchev–Trinajstić information content (AvgIpc) is 2.84. The lowest BCUT2D eigenvalue weighted by Crippen LogP contribution is -2.48. The molecule has 2 aliphatic rings. The van der Waals surface area contributed by atoms with E-state index in [9.17, 15) is 9.59 Å². The Balaban J connectivity index is 1.79. The molecule has 19 heavy (non-hydrogen) atoms. The van der Waals surface area contributed by atoms with Gasteiger partial charge in [-0.15, -0.1) is 11.8 Å². The smallest absolute Gasteiger partial charge is 0.329 e. The Morgan fingerprint density at radius 2 is 2.11 bits per heavy atom. The van der Waals surface area contributed by atoms with Crippen LogP contribution in [0.2, 0.25) is 0 Å². The molecule has 1 atom stereocenters. The quantitative estimate of drug-likeness (QED) is 0.846. The number of piperidine rings is 1. The molecule has 0 aromatic carbocycles. The zero-order valence-corrected chi connectivity index (χ0v) is 12.1. The second-order valence-electron chi connectivity index (χ2n) is 5.38.